The molecule has 3 aliphatic carbocycles. The highest BCUT2D eigenvalue weighted by Crippen LogP contribution is 2.48. The van der Waals surface area contributed by atoms with Gasteiger partial charge in [0.2, 0.25) is 0 Å². The summed E-state index contributed by atoms with van der Waals surface area (Å²) in [7, 11) is 0. The van der Waals surface area contributed by atoms with E-state index in [0.29, 0.717) is 0 Å². The molecule has 3 rings (SSSR count). The van der Waals surface area contributed by atoms with Crippen LogP contribution in [0.25, 0.3) is 0 Å². The second-order valence-corrected chi connectivity index (χ2v) is 7.91. The molecule has 1 spiro atoms. The van der Waals surface area contributed by atoms with Crippen LogP contribution in [0.4, 0.5) is 0 Å². The zero-order valence-corrected chi connectivity index (χ0v) is 12.9. The average Bonchev–Trinajstić information content (AvgIpc) is 2.88. The molecule has 3 aliphatic rings. The molecule has 1 N–H and O–H groups in total. The summed E-state index contributed by atoms with van der Waals surface area (Å²) < 4.78 is 0. The van der Waals surface area contributed by atoms with E-state index in [0.717, 1.165) is 23.3 Å². The summed E-state index contributed by atoms with van der Waals surface area (Å²) in [6.45, 7) is 3.78. The van der Waals surface area contributed by atoms with Gasteiger partial charge in [0.15, 0.2) is 0 Å². The Morgan fingerprint density at radius 3 is 2.21 bits per heavy atom. The molecule has 1 nitrogen and oxygen atoms in total. The lowest BCUT2D eigenvalue weighted by Gasteiger charge is -2.38. The third-order valence-electron chi connectivity index (χ3n) is 6.67. The van der Waals surface area contributed by atoms with Gasteiger partial charge in [-0.25, -0.2) is 0 Å². The Bertz CT molecular complexity index is 269. The molecular formula is C18H33N. The molecule has 0 saturated heterocycles. The topological polar surface area (TPSA) is 12.0 Å². The molecule has 0 amide bonds. The lowest BCUT2D eigenvalue weighted by atomic mass is 9.71. The molecule has 3 fully saturated rings. The molecule has 1 heteroatoms. The molecule has 2 atom stereocenters. The Balaban J connectivity index is 1.40. The third-order valence-corrected chi connectivity index (χ3v) is 6.67. The summed E-state index contributed by atoms with van der Waals surface area (Å²) >= 11 is 0. The van der Waals surface area contributed by atoms with Crippen molar-refractivity contribution in [3.63, 3.8) is 0 Å². The first kappa shape index (κ1) is 13.9. The van der Waals surface area contributed by atoms with Gasteiger partial charge in [0.05, 0.1) is 0 Å². The van der Waals surface area contributed by atoms with E-state index in [1.165, 1.54) is 70.8 Å². The van der Waals surface area contributed by atoms with Gasteiger partial charge in [-0.15, -0.1) is 0 Å². The van der Waals surface area contributed by atoms with Crippen molar-refractivity contribution in [3.8, 4) is 0 Å². The monoisotopic (exact) mass is 263 g/mol. The van der Waals surface area contributed by atoms with Crippen LogP contribution in [-0.4, -0.2) is 12.6 Å². The summed E-state index contributed by atoms with van der Waals surface area (Å²) in [5.41, 5.74) is 0.802. The van der Waals surface area contributed by atoms with Crippen LogP contribution < -0.4 is 5.32 Å². The van der Waals surface area contributed by atoms with Crippen LogP contribution >= 0.6 is 0 Å². The van der Waals surface area contributed by atoms with Crippen molar-refractivity contribution in [1.29, 1.82) is 0 Å². The van der Waals surface area contributed by atoms with Crippen LogP contribution in [0.15, 0.2) is 0 Å². The highest BCUT2D eigenvalue weighted by Gasteiger charge is 2.37. The molecule has 3 saturated carbocycles. The Morgan fingerprint density at radius 1 is 0.842 bits per heavy atom. The van der Waals surface area contributed by atoms with Gasteiger partial charge in [-0.1, -0.05) is 39.0 Å². The maximum atomic E-state index is 3.93. The van der Waals surface area contributed by atoms with E-state index in [9.17, 15) is 0 Å². The quantitative estimate of drug-likeness (QED) is 0.763. The Kier molecular flexibility index (Phi) is 4.51. The average molecular weight is 263 g/mol. The fraction of sp³-hybridized carbons (Fsp3) is 1.00. The van der Waals surface area contributed by atoms with Gasteiger partial charge in [0.1, 0.15) is 0 Å². The van der Waals surface area contributed by atoms with Gasteiger partial charge in [-0.2, -0.15) is 0 Å². The fourth-order valence-corrected chi connectivity index (χ4v) is 5.07. The molecule has 0 aliphatic heterocycles. The first-order valence-electron chi connectivity index (χ1n) is 9.01. The molecule has 0 aromatic heterocycles. The highest BCUT2D eigenvalue weighted by atomic mass is 14.9. The van der Waals surface area contributed by atoms with Crippen LogP contribution in [0.3, 0.4) is 0 Å². The third kappa shape index (κ3) is 3.35. The van der Waals surface area contributed by atoms with Crippen LogP contribution in [0.2, 0.25) is 0 Å². The minimum Gasteiger partial charge on any atom is -0.314 e. The van der Waals surface area contributed by atoms with Gasteiger partial charge in [-0.3, -0.25) is 0 Å². The summed E-state index contributed by atoms with van der Waals surface area (Å²) in [4.78, 5) is 0. The molecule has 0 bridgehead atoms. The smallest absolute Gasteiger partial charge is 0.00675 e. The van der Waals surface area contributed by atoms with Crippen LogP contribution in [-0.2, 0) is 0 Å². The van der Waals surface area contributed by atoms with Crippen molar-refractivity contribution in [2.45, 2.75) is 90.0 Å². The lowest BCUT2D eigenvalue weighted by molar-refractivity contribution is 0.158. The van der Waals surface area contributed by atoms with Crippen molar-refractivity contribution >= 4 is 0 Å². The van der Waals surface area contributed by atoms with Gasteiger partial charge in [0, 0.05) is 6.04 Å². The number of rotatable bonds is 3. The normalized spacial score (nSPS) is 35.8. The Hall–Kier alpha value is -0.0400. The summed E-state index contributed by atoms with van der Waals surface area (Å²) in [5, 5.41) is 3.93. The van der Waals surface area contributed by atoms with Crippen LogP contribution in [0.5, 0.6) is 0 Å². The SMILES string of the molecule is CC1CCCCC1CNC1CCC2(CCCC2)CC1. The first-order chi connectivity index (χ1) is 9.27. The molecule has 19 heavy (non-hydrogen) atoms. The molecule has 0 aromatic carbocycles. The largest absolute Gasteiger partial charge is 0.314 e. The number of hydrogen-bond donors (Lipinski definition) is 1. The molecular weight excluding hydrogens is 230 g/mol. The predicted octanol–water partition coefficient (Wildman–Crippen LogP) is 4.91. The van der Waals surface area contributed by atoms with E-state index < -0.39 is 0 Å². The predicted molar refractivity (Wildman–Crippen MR) is 82.3 cm³/mol. The second-order valence-electron chi connectivity index (χ2n) is 7.91. The Morgan fingerprint density at radius 2 is 1.53 bits per heavy atom. The highest BCUT2D eigenvalue weighted by molar-refractivity contribution is 4.91. The molecule has 0 aromatic rings. The molecule has 0 radical (unpaired) electrons. The van der Waals surface area contributed by atoms with Gasteiger partial charge in [-0.05, 0) is 68.7 Å². The van der Waals surface area contributed by atoms with Crippen molar-refractivity contribution in [2.24, 2.45) is 17.3 Å². The molecule has 0 heterocycles. The van der Waals surface area contributed by atoms with E-state index in [1.54, 1.807) is 12.8 Å². The molecule has 110 valence electrons. The van der Waals surface area contributed by atoms with Crippen molar-refractivity contribution in [1.82, 2.24) is 5.32 Å². The standard InChI is InChI=1S/C18H33N/c1-15-6-2-3-7-16(15)14-19-17-8-12-18(13-9-17)10-4-5-11-18/h15-17,19H,2-14H2,1H3. The van der Waals surface area contributed by atoms with Gasteiger partial charge >= 0.3 is 0 Å². The maximum Gasteiger partial charge on any atom is 0.00675 e. The number of nitrogens with one attached hydrogen (secondary N) is 1. The summed E-state index contributed by atoms with van der Waals surface area (Å²) in [6, 6.07) is 0.848. The summed E-state index contributed by atoms with van der Waals surface area (Å²) in [6.07, 6.45) is 18.0. The van der Waals surface area contributed by atoms with Gasteiger partial charge in [0.25, 0.3) is 0 Å². The summed E-state index contributed by atoms with van der Waals surface area (Å²) in [5.74, 6) is 1.93. The zero-order valence-electron chi connectivity index (χ0n) is 12.9. The second kappa shape index (κ2) is 6.16. The van der Waals surface area contributed by atoms with E-state index in [4.69, 9.17) is 0 Å². The molecule has 2 unspecified atom stereocenters. The van der Waals surface area contributed by atoms with E-state index in [1.807, 2.05) is 0 Å². The minimum atomic E-state index is 0.802. The maximum absolute atomic E-state index is 3.93. The van der Waals surface area contributed by atoms with Gasteiger partial charge < -0.3 is 5.32 Å². The van der Waals surface area contributed by atoms with Crippen LogP contribution in [0, 0.1) is 17.3 Å². The van der Waals surface area contributed by atoms with E-state index in [-0.39, 0.29) is 0 Å². The van der Waals surface area contributed by atoms with Crippen molar-refractivity contribution in [2.75, 3.05) is 6.54 Å². The number of hydrogen-bond acceptors (Lipinski definition) is 1. The van der Waals surface area contributed by atoms with E-state index >= 15 is 0 Å². The van der Waals surface area contributed by atoms with Crippen molar-refractivity contribution in [3.05, 3.63) is 0 Å². The minimum absolute atomic E-state index is 0.802. The van der Waals surface area contributed by atoms with Crippen molar-refractivity contribution < 1.29 is 0 Å². The first-order valence-corrected chi connectivity index (χ1v) is 9.01. The van der Waals surface area contributed by atoms with Crippen LogP contribution in [0.1, 0.15) is 84.0 Å². The Labute approximate surface area is 119 Å². The zero-order chi connectivity index (χ0) is 13.1. The van der Waals surface area contributed by atoms with E-state index in [2.05, 4.69) is 12.2 Å². The fourth-order valence-electron chi connectivity index (χ4n) is 5.07. The lowest BCUT2D eigenvalue weighted by Crippen LogP contribution is -2.40.